The van der Waals surface area contributed by atoms with Crippen molar-refractivity contribution in [3.63, 3.8) is 0 Å². The first-order valence-electron chi connectivity index (χ1n) is 4.98. The Balaban J connectivity index is 2.41. The van der Waals surface area contributed by atoms with Crippen LogP contribution in [0.4, 0.5) is 0 Å². The quantitative estimate of drug-likeness (QED) is 0.480. The maximum Gasteiger partial charge on any atom is 0.0262 e. The van der Waals surface area contributed by atoms with Gasteiger partial charge in [0.05, 0.1) is 0 Å². The number of fused-ring (bicyclic) bond motifs is 2. The van der Waals surface area contributed by atoms with Crippen molar-refractivity contribution in [3.05, 3.63) is 0 Å². The molecule has 0 saturated heterocycles. The first-order valence-corrected chi connectivity index (χ1v) is 4.98. The van der Waals surface area contributed by atoms with Gasteiger partial charge in [0.1, 0.15) is 0 Å². The number of hydrogen-bond acceptors (Lipinski definition) is 0. The van der Waals surface area contributed by atoms with Crippen LogP contribution in [0.1, 0.15) is 40.0 Å². The predicted octanol–water partition coefficient (Wildman–Crippen LogP) is 3.08. The average Bonchev–Trinajstić information content (AvgIpc) is 2.34. The van der Waals surface area contributed by atoms with Crippen molar-refractivity contribution in [2.24, 2.45) is 22.7 Å². The minimum Gasteiger partial charge on any atom is -0.120 e. The Morgan fingerprint density at radius 3 is 2.25 bits per heavy atom. The van der Waals surface area contributed by atoms with Crippen LogP contribution in [0.3, 0.4) is 0 Å². The van der Waals surface area contributed by atoms with E-state index in [2.05, 4.69) is 26.7 Å². The van der Waals surface area contributed by atoms with E-state index in [0.29, 0.717) is 16.7 Å². The molecular formula is C12H18. The molecule has 0 aliphatic heterocycles. The number of terminal acetylenes is 1. The summed E-state index contributed by atoms with van der Waals surface area (Å²) in [6, 6.07) is 0. The third-order valence-electron chi connectivity index (χ3n) is 5.00. The van der Waals surface area contributed by atoms with Crippen LogP contribution < -0.4 is 0 Å². The van der Waals surface area contributed by atoms with E-state index in [1.807, 2.05) is 0 Å². The second-order valence-corrected chi connectivity index (χ2v) is 5.33. The molecule has 66 valence electrons. The highest BCUT2D eigenvalue weighted by atomic mass is 14.6. The molecule has 0 amide bonds. The van der Waals surface area contributed by atoms with Crippen molar-refractivity contribution >= 4 is 0 Å². The lowest BCUT2D eigenvalue weighted by atomic mass is 9.67. The highest BCUT2D eigenvalue weighted by molar-refractivity contribution is 5.17. The van der Waals surface area contributed by atoms with Gasteiger partial charge in [-0.05, 0) is 36.0 Å². The maximum atomic E-state index is 5.58. The zero-order valence-electron chi connectivity index (χ0n) is 8.35. The zero-order chi connectivity index (χ0) is 8.98. The molecule has 3 atom stereocenters. The smallest absolute Gasteiger partial charge is 0.0262 e. The molecule has 2 aliphatic carbocycles. The molecule has 0 spiro atoms. The summed E-state index contributed by atoms with van der Waals surface area (Å²) in [5.41, 5.74) is 0.927. The van der Waals surface area contributed by atoms with Crippen LogP contribution >= 0.6 is 0 Å². The van der Waals surface area contributed by atoms with Gasteiger partial charge in [0.15, 0.2) is 0 Å². The molecule has 0 aromatic carbocycles. The highest BCUT2D eigenvalue weighted by Gasteiger charge is 2.60. The van der Waals surface area contributed by atoms with E-state index in [4.69, 9.17) is 6.42 Å². The molecular weight excluding hydrogens is 144 g/mol. The topological polar surface area (TPSA) is 0 Å². The van der Waals surface area contributed by atoms with Crippen LogP contribution in [-0.4, -0.2) is 0 Å². The summed E-state index contributed by atoms with van der Waals surface area (Å²) in [6.45, 7) is 7.20. The van der Waals surface area contributed by atoms with Crippen LogP contribution in [-0.2, 0) is 0 Å². The SMILES string of the molecule is C#CC1CC2CCC1(C)C2(C)C. The molecule has 2 fully saturated rings. The highest BCUT2D eigenvalue weighted by Crippen LogP contribution is 2.67. The van der Waals surface area contributed by atoms with Crippen molar-refractivity contribution in [3.8, 4) is 12.3 Å². The lowest BCUT2D eigenvalue weighted by molar-refractivity contribution is 0.127. The third-order valence-corrected chi connectivity index (χ3v) is 5.00. The van der Waals surface area contributed by atoms with Crippen molar-refractivity contribution in [2.45, 2.75) is 40.0 Å². The van der Waals surface area contributed by atoms with Gasteiger partial charge in [0.2, 0.25) is 0 Å². The van der Waals surface area contributed by atoms with Gasteiger partial charge in [-0.3, -0.25) is 0 Å². The fourth-order valence-corrected chi connectivity index (χ4v) is 3.46. The van der Waals surface area contributed by atoms with E-state index in [9.17, 15) is 0 Å². The van der Waals surface area contributed by atoms with Crippen molar-refractivity contribution in [2.75, 3.05) is 0 Å². The lowest BCUT2D eigenvalue weighted by Gasteiger charge is -2.37. The van der Waals surface area contributed by atoms with E-state index >= 15 is 0 Å². The summed E-state index contributed by atoms with van der Waals surface area (Å²) in [5.74, 6) is 4.43. The van der Waals surface area contributed by atoms with E-state index in [0.717, 1.165) is 5.92 Å². The van der Waals surface area contributed by atoms with Crippen LogP contribution in [0.5, 0.6) is 0 Å². The fourth-order valence-electron chi connectivity index (χ4n) is 3.46. The van der Waals surface area contributed by atoms with Crippen molar-refractivity contribution < 1.29 is 0 Å². The molecule has 0 aromatic heterocycles. The largest absolute Gasteiger partial charge is 0.120 e. The first-order chi connectivity index (χ1) is 5.52. The van der Waals surface area contributed by atoms with E-state index < -0.39 is 0 Å². The second kappa shape index (κ2) is 2.08. The van der Waals surface area contributed by atoms with Crippen LogP contribution in [0.2, 0.25) is 0 Å². The Kier molecular flexibility index (Phi) is 1.41. The minimum absolute atomic E-state index is 0.437. The maximum absolute atomic E-state index is 5.58. The standard InChI is InChI=1S/C12H18/c1-5-9-8-10-6-7-12(9,4)11(10,2)3/h1,9-10H,6-8H2,2-4H3. The van der Waals surface area contributed by atoms with Gasteiger partial charge in [-0.2, -0.15) is 0 Å². The van der Waals surface area contributed by atoms with Crippen molar-refractivity contribution in [1.82, 2.24) is 0 Å². The van der Waals surface area contributed by atoms with Crippen LogP contribution in [0.25, 0.3) is 0 Å². The summed E-state index contributed by atoms with van der Waals surface area (Å²) < 4.78 is 0. The molecule has 0 radical (unpaired) electrons. The summed E-state index contributed by atoms with van der Waals surface area (Å²) in [7, 11) is 0. The lowest BCUT2D eigenvalue weighted by Crippen LogP contribution is -2.31. The molecule has 0 nitrogen and oxygen atoms in total. The Bertz CT molecular complexity index is 243. The van der Waals surface area contributed by atoms with Gasteiger partial charge in [0.25, 0.3) is 0 Å². The fraction of sp³-hybridized carbons (Fsp3) is 0.833. The molecule has 2 rings (SSSR count). The molecule has 0 N–H and O–H groups in total. The Labute approximate surface area is 75.7 Å². The normalized spacial score (nSPS) is 49.2. The Morgan fingerprint density at radius 1 is 1.33 bits per heavy atom. The summed E-state index contributed by atoms with van der Waals surface area (Å²) in [5, 5.41) is 0. The number of hydrogen-bond donors (Lipinski definition) is 0. The van der Waals surface area contributed by atoms with Crippen LogP contribution in [0, 0.1) is 35.0 Å². The predicted molar refractivity (Wildman–Crippen MR) is 51.6 cm³/mol. The van der Waals surface area contributed by atoms with Crippen molar-refractivity contribution in [1.29, 1.82) is 0 Å². The van der Waals surface area contributed by atoms with E-state index in [-0.39, 0.29) is 0 Å². The van der Waals surface area contributed by atoms with Crippen LogP contribution in [0.15, 0.2) is 0 Å². The summed E-state index contributed by atoms with van der Waals surface area (Å²) in [4.78, 5) is 0. The van der Waals surface area contributed by atoms with Gasteiger partial charge in [-0.25, -0.2) is 0 Å². The minimum atomic E-state index is 0.437. The molecule has 0 heteroatoms. The van der Waals surface area contributed by atoms with Gasteiger partial charge >= 0.3 is 0 Å². The third kappa shape index (κ3) is 0.661. The summed E-state index contributed by atoms with van der Waals surface area (Å²) >= 11 is 0. The first kappa shape index (κ1) is 8.17. The molecule has 2 bridgehead atoms. The van der Waals surface area contributed by atoms with Gasteiger partial charge in [0, 0.05) is 5.92 Å². The average molecular weight is 162 g/mol. The van der Waals surface area contributed by atoms with Gasteiger partial charge < -0.3 is 0 Å². The van der Waals surface area contributed by atoms with E-state index in [1.54, 1.807) is 0 Å². The molecule has 0 heterocycles. The van der Waals surface area contributed by atoms with Gasteiger partial charge in [-0.15, -0.1) is 12.3 Å². The molecule has 2 saturated carbocycles. The van der Waals surface area contributed by atoms with Gasteiger partial charge in [-0.1, -0.05) is 20.8 Å². The Hall–Kier alpha value is -0.440. The number of rotatable bonds is 0. The second-order valence-electron chi connectivity index (χ2n) is 5.33. The molecule has 2 aliphatic rings. The molecule has 0 aromatic rings. The van der Waals surface area contributed by atoms with E-state index in [1.165, 1.54) is 19.3 Å². The Morgan fingerprint density at radius 2 is 2.00 bits per heavy atom. The molecule has 12 heavy (non-hydrogen) atoms. The zero-order valence-corrected chi connectivity index (χ0v) is 8.35. The monoisotopic (exact) mass is 162 g/mol. The summed E-state index contributed by atoms with van der Waals surface area (Å²) in [6.07, 6.45) is 9.61. The molecule has 3 unspecified atom stereocenters.